The van der Waals surface area contributed by atoms with Crippen molar-refractivity contribution in [2.75, 3.05) is 13.1 Å². The van der Waals surface area contributed by atoms with Gasteiger partial charge in [-0.15, -0.1) is 0 Å². The molecular weight excluding hydrogens is 278 g/mol. The zero-order chi connectivity index (χ0) is 15.8. The molecule has 0 spiro atoms. The summed E-state index contributed by atoms with van der Waals surface area (Å²) in [6, 6.07) is 9.82. The van der Waals surface area contributed by atoms with E-state index in [1.54, 1.807) is 6.92 Å². The van der Waals surface area contributed by atoms with Gasteiger partial charge in [-0.3, -0.25) is 4.79 Å². The highest BCUT2D eigenvalue weighted by Gasteiger charge is 2.22. The maximum atomic E-state index is 12.3. The molecule has 22 heavy (non-hydrogen) atoms. The number of nitrogens with two attached hydrogens (primary N) is 1. The molecule has 0 bridgehead atoms. The predicted molar refractivity (Wildman–Crippen MR) is 87.4 cm³/mol. The molecule has 1 heterocycles. The first-order chi connectivity index (χ1) is 10.7. The van der Waals surface area contributed by atoms with E-state index >= 15 is 0 Å². The van der Waals surface area contributed by atoms with Gasteiger partial charge in [-0.05, 0) is 25.3 Å². The van der Waals surface area contributed by atoms with Crippen LogP contribution in [0.15, 0.2) is 35.5 Å². The summed E-state index contributed by atoms with van der Waals surface area (Å²) in [7, 11) is 0. The number of nitrogens with zero attached hydrogens (tertiary/aromatic N) is 2. The third-order valence-corrected chi connectivity index (χ3v) is 3.82. The van der Waals surface area contributed by atoms with Crippen LogP contribution in [-0.2, 0) is 16.1 Å². The lowest BCUT2D eigenvalue weighted by Crippen LogP contribution is -2.39. The molecular formula is C17H25N3O2. The van der Waals surface area contributed by atoms with Crippen LogP contribution in [0.25, 0.3) is 0 Å². The van der Waals surface area contributed by atoms with Crippen molar-refractivity contribution in [1.29, 1.82) is 0 Å². The van der Waals surface area contributed by atoms with Crippen LogP contribution in [0.4, 0.5) is 0 Å². The van der Waals surface area contributed by atoms with E-state index in [1.165, 1.54) is 12.8 Å². The van der Waals surface area contributed by atoms with Gasteiger partial charge >= 0.3 is 0 Å². The number of amidine groups is 1. The normalized spacial score (nSPS) is 17.7. The molecule has 0 aromatic heterocycles. The number of oxime groups is 1. The molecule has 2 N–H and O–H groups in total. The smallest absolute Gasteiger partial charge is 0.266 e. The van der Waals surface area contributed by atoms with Gasteiger partial charge in [0.15, 0.2) is 0 Å². The van der Waals surface area contributed by atoms with Crippen molar-refractivity contribution in [2.24, 2.45) is 10.9 Å². The lowest BCUT2D eigenvalue weighted by Gasteiger charge is -2.22. The molecule has 1 unspecified atom stereocenters. The summed E-state index contributed by atoms with van der Waals surface area (Å²) >= 11 is 0. The van der Waals surface area contributed by atoms with Gasteiger partial charge in [0.25, 0.3) is 5.91 Å². The van der Waals surface area contributed by atoms with Crippen molar-refractivity contribution in [3.05, 3.63) is 35.9 Å². The number of hydrogen-bond acceptors (Lipinski definition) is 3. The molecule has 5 heteroatoms. The molecule has 1 aromatic rings. The Morgan fingerprint density at radius 3 is 2.50 bits per heavy atom. The van der Waals surface area contributed by atoms with Crippen LogP contribution in [0.1, 0.15) is 38.2 Å². The summed E-state index contributed by atoms with van der Waals surface area (Å²) in [4.78, 5) is 19.5. The van der Waals surface area contributed by atoms with Crippen LogP contribution in [0.2, 0.25) is 0 Å². The molecule has 1 atom stereocenters. The first-order valence-electron chi connectivity index (χ1n) is 7.97. The van der Waals surface area contributed by atoms with Gasteiger partial charge in [0.1, 0.15) is 5.84 Å². The van der Waals surface area contributed by atoms with E-state index < -0.39 is 6.10 Å². The highest BCUT2D eigenvalue weighted by molar-refractivity contribution is 5.83. The van der Waals surface area contributed by atoms with Gasteiger partial charge in [-0.1, -0.05) is 48.3 Å². The van der Waals surface area contributed by atoms with Crippen molar-refractivity contribution >= 4 is 11.7 Å². The quantitative estimate of drug-likeness (QED) is 0.515. The molecule has 0 saturated carbocycles. The Morgan fingerprint density at radius 2 is 1.86 bits per heavy atom. The number of amides is 1. The average molecular weight is 303 g/mol. The third-order valence-electron chi connectivity index (χ3n) is 3.82. The standard InChI is InChI=1S/C17H25N3O2/c1-14(17(21)20-11-7-2-3-8-12-20)22-19-16(18)13-15-9-5-4-6-10-15/h4-6,9-10,14H,2-3,7-8,11-13H2,1H3,(H2,18,19). The van der Waals surface area contributed by atoms with Gasteiger partial charge in [0.05, 0.1) is 0 Å². The molecule has 1 fully saturated rings. The highest BCUT2D eigenvalue weighted by Crippen LogP contribution is 2.11. The molecule has 2 rings (SSSR count). The minimum atomic E-state index is -0.590. The number of likely N-dealkylation sites (tertiary alicyclic amines) is 1. The highest BCUT2D eigenvalue weighted by atomic mass is 16.6. The summed E-state index contributed by atoms with van der Waals surface area (Å²) in [6.45, 7) is 3.36. The van der Waals surface area contributed by atoms with Crippen molar-refractivity contribution in [1.82, 2.24) is 4.90 Å². The van der Waals surface area contributed by atoms with Crippen LogP contribution < -0.4 is 5.73 Å². The van der Waals surface area contributed by atoms with Crippen LogP contribution in [0.3, 0.4) is 0 Å². The van der Waals surface area contributed by atoms with E-state index in [-0.39, 0.29) is 5.91 Å². The lowest BCUT2D eigenvalue weighted by atomic mass is 10.1. The van der Waals surface area contributed by atoms with E-state index in [9.17, 15) is 4.79 Å². The molecule has 1 saturated heterocycles. The predicted octanol–water partition coefficient (Wildman–Crippen LogP) is 2.31. The Morgan fingerprint density at radius 1 is 1.23 bits per heavy atom. The van der Waals surface area contributed by atoms with Gasteiger partial charge in [-0.2, -0.15) is 0 Å². The summed E-state index contributed by atoms with van der Waals surface area (Å²) in [5.41, 5.74) is 6.93. The zero-order valence-electron chi connectivity index (χ0n) is 13.2. The van der Waals surface area contributed by atoms with E-state index in [0.717, 1.165) is 31.5 Å². The van der Waals surface area contributed by atoms with Crippen LogP contribution >= 0.6 is 0 Å². The largest absolute Gasteiger partial charge is 0.384 e. The van der Waals surface area contributed by atoms with E-state index in [0.29, 0.717) is 12.3 Å². The summed E-state index contributed by atoms with van der Waals surface area (Å²) < 4.78 is 0. The molecule has 120 valence electrons. The molecule has 1 aromatic carbocycles. The maximum Gasteiger partial charge on any atom is 0.266 e. The van der Waals surface area contributed by atoms with Crippen molar-refractivity contribution < 1.29 is 9.63 Å². The second-order valence-corrected chi connectivity index (χ2v) is 5.73. The Bertz CT molecular complexity index is 494. The fourth-order valence-electron chi connectivity index (χ4n) is 2.58. The van der Waals surface area contributed by atoms with Gasteiger partial charge in [0.2, 0.25) is 6.10 Å². The van der Waals surface area contributed by atoms with Crippen molar-refractivity contribution in [2.45, 2.75) is 45.1 Å². The second kappa shape index (κ2) is 8.41. The molecule has 5 nitrogen and oxygen atoms in total. The fourth-order valence-corrected chi connectivity index (χ4v) is 2.58. The fraction of sp³-hybridized carbons (Fsp3) is 0.529. The van der Waals surface area contributed by atoms with E-state index in [2.05, 4.69) is 5.16 Å². The Labute approximate surface area is 132 Å². The molecule has 0 aliphatic carbocycles. The van der Waals surface area contributed by atoms with Crippen molar-refractivity contribution in [3.8, 4) is 0 Å². The van der Waals surface area contributed by atoms with Crippen molar-refractivity contribution in [3.63, 3.8) is 0 Å². The molecule has 1 aliphatic heterocycles. The maximum absolute atomic E-state index is 12.3. The van der Waals surface area contributed by atoms with Gasteiger partial charge in [-0.25, -0.2) is 0 Å². The summed E-state index contributed by atoms with van der Waals surface area (Å²) in [5, 5.41) is 3.91. The number of benzene rings is 1. The number of carbonyl (C=O) groups excluding carboxylic acids is 1. The van der Waals surface area contributed by atoms with Crippen LogP contribution in [0, 0.1) is 0 Å². The van der Waals surface area contributed by atoms with E-state index in [4.69, 9.17) is 10.6 Å². The third kappa shape index (κ3) is 5.06. The molecule has 1 aliphatic rings. The number of rotatable bonds is 5. The summed E-state index contributed by atoms with van der Waals surface area (Å²) in [6.07, 6.45) is 4.45. The number of hydrogen-bond donors (Lipinski definition) is 1. The average Bonchev–Trinajstić information content (AvgIpc) is 2.82. The van der Waals surface area contributed by atoms with Gasteiger partial charge in [0, 0.05) is 19.5 Å². The Balaban J connectivity index is 1.83. The first kappa shape index (κ1) is 16.3. The lowest BCUT2D eigenvalue weighted by molar-refractivity contribution is -0.142. The minimum Gasteiger partial charge on any atom is -0.384 e. The Hall–Kier alpha value is -2.04. The zero-order valence-corrected chi connectivity index (χ0v) is 13.2. The molecule has 0 radical (unpaired) electrons. The van der Waals surface area contributed by atoms with Crippen LogP contribution in [0.5, 0.6) is 0 Å². The number of carbonyl (C=O) groups is 1. The first-order valence-corrected chi connectivity index (χ1v) is 7.97. The topological polar surface area (TPSA) is 67.9 Å². The minimum absolute atomic E-state index is 0.00170. The molecule has 1 amide bonds. The van der Waals surface area contributed by atoms with E-state index in [1.807, 2.05) is 35.2 Å². The van der Waals surface area contributed by atoms with Gasteiger partial charge < -0.3 is 15.5 Å². The Kier molecular flexibility index (Phi) is 6.25. The SMILES string of the molecule is CC(O/N=C(/N)Cc1ccccc1)C(=O)N1CCCCCC1. The second-order valence-electron chi connectivity index (χ2n) is 5.73. The monoisotopic (exact) mass is 303 g/mol. The van der Waals surface area contributed by atoms with Crippen LogP contribution in [-0.4, -0.2) is 35.8 Å². The summed E-state index contributed by atoms with van der Waals surface area (Å²) in [5.74, 6) is 0.375.